The third-order valence-corrected chi connectivity index (χ3v) is 5.44. The van der Waals surface area contributed by atoms with E-state index in [4.69, 9.17) is 16.3 Å². The van der Waals surface area contributed by atoms with Crippen LogP contribution in [0.2, 0.25) is 5.02 Å². The van der Waals surface area contributed by atoms with Crippen LogP contribution in [0.1, 0.15) is 0 Å². The summed E-state index contributed by atoms with van der Waals surface area (Å²) in [6, 6.07) is 14.4. The largest absolute Gasteiger partial charge is 0.383 e. The Morgan fingerprint density at radius 1 is 1.25 bits per heavy atom. The van der Waals surface area contributed by atoms with Crippen molar-refractivity contribution in [2.75, 3.05) is 31.4 Å². The summed E-state index contributed by atoms with van der Waals surface area (Å²) in [7, 11) is 3.30. The van der Waals surface area contributed by atoms with Gasteiger partial charge in [0.1, 0.15) is 0 Å². The number of nitrogens with zero attached hydrogens (tertiary/aromatic N) is 3. The molecule has 3 rings (SSSR count). The van der Waals surface area contributed by atoms with Gasteiger partial charge in [-0.3, -0.25) is 14.2 Å². The third kappa shape index (κ3) is 4.55. The average molecular weight is 418 g/mol. The molecule has 0 atom stereocenters. The number of carbonyl (C=O) groups is 1. The molecule has 0 aliphatic heterocycles. The highest BCUT2D eigenvalue weighted by atomic mass is 35.5. The van der Waals surface area contributed by atoms with Gasteiger partial charge in [-0.05, 0) is 30.3 Å². The monoisotopic (exact) mass is 417 g/mol. The summed E-state index contributed by atoms with van der Waals surface area (Å²) in [5.74, 6) is 0.0617. The Morgan fingerprint density at radius 2 is 2.00 bits per heavy atom. The minimum absolute atomic E-state index is 0.0880. The van der Waals surface area contributed by atoms with Crippen LogP contribution in [-0.4, -0.2) is 42.0 Å². The van der Waals surface area contributed by atoms with Gasteiger partial charge in [-0.1, -0.05) is 41.6 Å². The molecule has 0 spiro atoms. The second-order valence-corrected chi connectivity index (χ2v) is 7.46. The van der Waals surface area contributed by atoms with Crippen molar-refractivity contribution >= 4 is 45.9 Å². The lowest BCUT2D eigenvalue weighted by Crippen LogP contribution is -2.29. The molecular weight excluding hydrogens is 398 g/mol. The zero-order valence-electron chi connectivity index (χ0n) is 15.6. The lowest BCUT2D eigenvalue weighted by Gasteiger charge is -2.18. The van der Waals surface area contributed by atoms with Crippen molar-refractivity contribution in [3.05, 3.63) is 63.9 Å². The van der Waals surface area contributed by atoms with Gasteiger partial charge in [0.15, 0.2) is 5.16 Å². The summed E-state index contributed by atoms with van der Waals surface area (Å²) >= 11 is 7.27. The molecule has 6 nitrogen and oxygen atoms in total. The number of hydrogen-bond donors (Lipinski definition) is 0. The number of anilines is 1. The normalized spacial score (nSPS) is 11.0. The van der Waals surface area contributed by atoms with Crippen molar-refractivity contribution in [2.45, 2.75) is 11.7 Å². The molecule has 2 aromatic carbocycles. The van der Waals surface area contributed by atoms with Crippen molar-refractivity contribution in [1.29, 1.82) is 0 Å². The predicted octanol–water partition coefficient (Wildman–Crippen LogP) is 3.45. The minimum Gasteiger partial charge on any atom is -0.383 e. The number of aromatic nitrogens is 2. The lowest BCUT2D eigenvalue weighted by molar-refractivity contribution is -0.115. The number of hydrogen-bond acceptors (Lipinski definition) is 5. The Morgan fingerprint density at radius 3 is 2.71 bits per heavy atom. The highest BCUT2D eigenvalue weighted by molar-refractivity contribution is 7.99. The number of ether oxygens (including phenoxy) is 1. The highest BCUT2D eigenvalue weighted by Crippen LogP contribution is 2.21. The third-order valence-electron chi connectivity index (χ3n) is 4.24. The molecule has 0 N–H and O–H groups in total. The molecule has 28 heavy (non-hydrogen) atoms. The molecule has 1 amide bonds. The van der Waals surface area contributed by atoms with Crippen molar-refractivity contribution in [3.63, 3.8) is 0 Å². The molecule has 0 aliphatic carbocycles. The number of para-hydroxylation sites is 1. The van der Waals surface area contributed by atoms with Crippen LogP contribution in [0.15, 0.2) is 58.5 Å². The van der Waals surface area contributed by atoms with Gasteiger partial charge in [-0.25, -0.2) is 4.98 Å². The Balaban J connectivity index is 1.88. The molecule has 0 saturated heterocycles. The molecule has 0 radical (unpaired) electrons. The van der Waals surface area contributed by atoms with E-state index in [1.54, 1.807) is 41.8 Å². The molecule has 3 aromatic rings. The average Bonchev–Trinajstić information content (AvgIpc) is 2.71. The minimum atomic E-state index is -0.176. The number of methoxy groups -OCH3 is 1. The molecule has 1 aromatic heterocycles. The highest BCUT2D eigenvalue weighted by Gasteiger charge is 2.16. The zero-order valence-corrected chi connectivity index (χ0v) is 17.2. The fourth-order valence-corrected chi connectivity index (χ4v) is 3.79. The maximum Gasteiger partial charge on any atom is 0.262 e. The summed E-state index contributed by atoms with van der Waals surface area (Å²) in [4.78, 5) is 31.6. The van der Waals surface area contributed by atoms with Gasteiger partial charge in [0, 0.05) is 24.9 Å². The number of fused-ring (bicyclic) bond motifs is 1. The van der Waals surface area contributed by atoms with Crippen LogP contribution < -0.4 is 10.5 Å². The smallest absolute Gasteiger partial charge is 0.262 e. The maximum absolute atomic E-state index is 12.9. The lowest BCUT2D eigenvalue weighted by atomic mass is 10.2. The zero-order chi connectivity index (χ0) is 20.1. The van der Waals surface area contributed by atoms with E-state index < -0.39 is 0 Å². The van der Waals surface area contributed by atoms with E-state index in [2.05, 4.69) is 4.98 Å². The second kappa shape index (κ2) is 9.23. The van der Waals surface area contributed by atoms with Crippen molar-refractivity contribution in [2.24, 2.45) is 0 Å². The van der Waals surface area contributed by atoms with Crippen LogP contribution in [0.25, 0.3) is 10.9 Å². The molecule has 0 fully saturated rings. The van der Waals surface area contributed by atoms with Crippen molar-refractivity contribution < 1.29 is 9.53 Å². The van der Waals surface area contributed by atoms with Gasteiger partial charge in [0.2, 0.25) is 5.91 Å². The Bertz CT molecular complexity index is 1040. The van der Waals surface area contributed by atoms with Gasteiger partial charge < -0.3 is 9.64 Å². The van der Waals surface area contributed by atoms with Crippen LogP contribution in [0, 0.1) is 0 Å². The van der Waals surface area contributed by atoms with E-state index in [1.165, 1.54) is 11.8 Å². The number of halogens is 1. The number of amides is 1. The van der Waals surface area contributed by atoms with Crippen LogP contribution in [0.4, 0.5) is 5.69 Å². The molecule has 146 valence electrons. The Labute approximate surface area is 172 Å². The second-order valence-electron chi connectivity index (χ2n) is 6.08. The van der Waals surface area contributed by atoms with Gasteiger partial charge in [0.05, 0.1) is 29.8 Å². The fraction of sp³-hybridized carbons (Fsp3) is 0.250. The van der Waals surface area contributed by atoms with Gasteiger partial charge in [-0.2, -0.15) is 0 Å². The topological polar surface area (TPSA) is 64.4 Å². The molecule has 1 heterocycles. The first-order chi connectivity index (χ1) is 13.5. The summed E-state index contributed by atoms with van der Waals surface area (Å²) in [6.07, 6.45) is 0. The molecular formula is C20H20ClN3O3S. The fourth-order valence-electron chi connectivity index (χ4n) is 2.68. The molecule has 0 aliphatic rings. The first-order valence-corrected chi connectivity index (χ1v) is 10.0. The molecule has 0 bridgehead atoms. The Kier molecular flexibility index (Phi) is 6.72. The SMILES string of the molecule is COCCn1c(SCC(=O)N(C)c2ccccc2)nc2cc(Cl)ccc2c1=O. The van der Waals surface area contributed by atoms with E-state index in [0.29, 0.717) is 34.2 Å². The predicted molar refractivity (Wildman–Crippen MR) is 113 cm³/mol. The molecule has 0 unspecified atom stereocenters. The first kappa shape index (κ1) is 20.4. The molecule has 0 saturated carbocycles. The standard InChI is InChI=1S/C20H20ClN3O3S/c1-23(15-6-4-3-5-7-15)18(25)13-28-20-22-17-12-14(21)8-9-16(17)19(26)24(20)10-11-27-2/h3-9,12H,10-11,13H2,1-2H3. The van der Waals surface area contributed by atoms with Crippen LogP contribution in [-0.2, 0) is 16.1 Å². The van der Waals surface area contributed by atoms with Crippen LogP contribution in [0.3, 0.4) is 0 Å². The summed E-state index contributed by atoms with van der Waals surface area (Å²) < 4.78 is 6.66. The van der Waals surface area contributed by atoms with E-state index in [0.717, 1.165) is 5.69 Å². The van der Waals surface area contributed by atoms with Crippen LogP contribution in [0.5, 0.6) is 0 Å². The van der Waals surface area contributed by atoms with E-state index >= 15 is 0 Å². The molecule has 8 heteroatoms. The number of thioether (sulfide) groups is 1. The van der Waals surface area contributed by atoms with E-state index in [-0.39, 0.29) is 17.2 Å². The summed E-state index contributed by atoms with van der Waals surface area (Å²) in [5.41, 5.74) is 1.14. The summed E-state index contributed by atoms with van der Waals surface area (Å²) in [5, 5.41) is 1.45. The van der Waals surface area contributed by atoms with Gasteiger partial charge >= 0.3 is 0 Å². The van der Waals surface area contributed by atoms with Crippen molar-refractivity contribution in [3.8, 4) is 0 Å². The number of carbonyl (C=O) groups excluding carboxylic acids is 1. The van der Waals surface area contributed by atoms with Gasteiger partial charge in [-0.15, -0.1) is 0 Å². The first-order valence-electron chi connectivity index (χ1n) is 8.64. The number of benzene rings is 2. The van der Waals surface area contributed by atoms with Crippen LogP contribution >= 0.6 is 23.4 Å². The van der Waals surface area contributed by atoms with Crippen molar-refractivity contribution in [1.82, 2.24) is 9.55 Å². The maximum atomic E-state index is 12.9. The van der Waals surface area contributed by atoms with E-state index in [1.807, 2.05) is 30.3 Å². The number of rotatable bonds is 7. The van der Waals surface area contributed by atoms with E-state index in [9.17, 15) is 9.59 Å². The Hall–Kier alpha value is -2.35. The quantitative estimate of drug-likeness (QED) is 0.435. The van der Waals surface area contributed by atoms with Gasteiger partial charge in [0.25, 0.3) is 5.56 Å². The summed E-state index contributed by atoms with van der Waals surface area (Å²) in [6.45, 7) is 0.720.